The second-order valence-corrected chi connectivity index (χ2v) is 6.40. The second-order valence-electron chi connectivity index (χ2n) is 6.40. The molecule has 0 aromatic heterocycles. The third kappa shape index (κ3) is 3.98. The molecule has 0 aliphatic carbocycles. The second kappa shape index (κ2) is 7.28. The predicted molar refractivity (Wildman–Crippen MR) is 86.6 cm³/mol. The summed E-state index contributed by atoms with van der Waals surface area (Å²) in [6.45, 7) is 7.54. The van der Waals surface area contributed by atoms with Gasteiger partial charge in [-0.3, -0.25) is 4.90 Å². The quantitative estimate of drug-likeness (QED) is 0.901. The van der Waals surface area contributed by atoms with E-state index in [0.29, 0.717) is 0 Å². The molecule has 3 rings (SSSR count). The number of piperidine rings is 1. The van der Waals surface area contributed by atoms with Crippen LogP contribution in [0.15, 0.2) is 24.3 Å². The average molecular weight is 288 g/mol. The summed E-state index contributed by atoms with van der Waals surface area (Å²) in [4.78, 5) is 2.59. The summed E-state index contributed by atoms with van der Waals surface area (Å²) in [5.74, 6) is 1.90. The van der Waals surface area contributed by atoms with E-state index in [-0.39, 0.29) is 0 Å². The minimum Gasteiger partial charge on any atom is -0.494 e. The van der Waals surface area contributed by atoms with E-state index in [1.165, 1.54) is 50.9 Å². The van der Waals surface area contributed by atoms with Crippen LogP contribution in [0.2, 0.25) is 0 Å². The number of nitrogens with zero attached hydrogens (tertiary/aromatic N) is 1. The van der Waals surface area contributed by atoms with E-state index >= 15 is 0 Å². The number of ether oxygens (including phenoxy) is 1. The first kappa shape index (κ1) is 14.9. The van der Waals surface area contributed by atoms with Crippen molar-refractivity contribution in [2.24, 2.45) is 5.92 Å². The Labute approximate surface area is 128 Å². The number of likely N-dealkylation sites (tertiary alicyclic amines) is 1. The van der Waals surface area contributed by atoms with E-state index in [1.807, 2.05) is 13.0 Å². The molecule has 1 aromatic carbocycles. The van der Waals surface area contributed by atoms with Gasteiger partial charge in [-0.1, -0.05) is 12.1 Å². The van der Waals surface area contributed by atoms with Crippen molar-refractivity contribution in [1.82, 2.24) is 10.2 Å². The van der Waals surface area contributed by atoms with Crippen molar-refractivity contribution >= 4 is 0 Å². The molecule has 3 heteroatoms. The Morgan fingerprint density at radius 1 is 1.24 bits per heavy atom. The molecule has 2 saturated heterocycles. The first-order chi connectivity index (χ1) is 10.3. The molecule has 3 nitrogen and oxygen atoms in total. The van der Waals surface area contributed by atoms with Crippen molar-refractivity contribution < 1.29 is 4.74 Å². The standard InChI is InChI=1S/C18H28N2O/c1-2-21-17-6-3-5-15(13-17)14-20-11-8-16(9-12-20)18-7-4-10-19-18/h3,5-6,13,16,18-19H,2,4,7-12,14H2,1H3. The number of hydrogen-bond acceptors (Lipinski definition) is 3. The maximum absolute atomic E-state index is 5.59. The van der Waals surface area contributed by atoms with Crippen molar-refractivity contribution in [1.29, 1.82) is 0 Å². The molecule has 0 spiro atoms. The zero-order valence-corrected chi connectivity index (χ0v) is 13.2. The Bertz CT molecular complexity index is 435. The molecule has 21 heavy (non-hydrogen) atoms. The monoisotopic (exact) mass is 288 g/mol. The maximum Gasteiger partial charge on any atom is 0.119 e. The van der Waals surface area contributed by atoms with Gasteiger partial charge in [0, 0.05) is 12.6 Å². The molecule has 2 aliphatic heterocycles. The Balaban J connectivity index is 1.49. The Morgan fingerprint density at radius 3 is 2.81 bits per heavy atom. The Kier molecular flexibility index (Phi) is 5.15. The van der Waals surface area contributed by atoms with Gasteiger partial charge in [0.1, 0.15) is 5.75 Å². The molecule has 2 heterocycles. The van der Waals surface area contributed by atoms with Gasteiger partial charge >= 0.3 is 0 Å². The highest BCUT2D eigenvalue weighted by Crippen LogP contribution is 2.26. The van der Waals surface area contributed by atoms with E-state index in [1.54, 1.807) is 0 Å². The van der Waals surface area contributed by atoms with E-state index in [2.05, 4.69) is 28.4 Å². The molecule has 0 saturated carbocycles. The molecule has 0 radical (unpaired) electrons. The maximum atomic E-state index is 5.59. The summed E-state index contributed by atoms with van der Waals surface area (Å²) < 4.78 is 5.59. The lowest BCUT2D eigenvalue weighted by molar-refractivity contribution is 0.157. The average Bonchev–Trinajstić information content (AvgIpc) is 3.03. The molecule has 1 atom stereocenters. The highest BCUT2D eigenvalue weighted by atomic mass is 16.5. The van der Waals surface area contributed by atoms with Crippen LogP contribution in [0, 0.1) is 5.92 Å². The smallest absolute Gasteiger partial charge is 0.119 e. The highest BCUT2D eigenvalue weighted by molar-refractivity contribution is 5.28. The Hall–Kier alpha value is -1.06. The third-order valence-corrected chi connectivity index (χ3v) is 4.92. The summed E-state index contributed by atoms with van der Waals surface area (Å²) in [5.41, 5.74) is 1.37. The van der Waals surface area contributed by atoms with Crippen LogP contribution in [0.25, 0.3) is 0 Å². The summed E-state index contributed by atoms with van der Waals surface area (Å²) in [6.07, 6.45) is 5.46. The highest BCUT2D eigenvalue weighted by Gasteiger charge is 2.28. The van der Waals surface area contributed by atoms with Crippen LogP contribution in [0.4, 0.5) is 0 Å². The first-order valence-electron chi connectivity index (χ1n) is 8.52. The van der Waals surface area contributed by atoms with E-state index in [4.69, 9.17) is 4.74 Å². The van der Waals surface area contributed by atoms with Gasteiger partial charge < -0.3 is 10.1 Å². The SMILES string of the molecule is CCOc1cccc(CN2CCC(C3CCCN3)CC2)c1. The van der Waals surface area contributed by atoms with E-state index < -0.39 is 0 Å². The van der Waals surface area contributed by atoms with Crippen molar-refractivity contribution in [3.63, 3.8) is 0 Å². The van der Waals surface area contributed by atoms with Crippen LogP contribution in [0.5, 0.6) is 5.75 Å². The fraction of sp³-hybridized carbons (Fsp3) is 0.667. The molecule has 2 fully saturated rings. The first-order valence-corrected chi connectivity index (χ1v) is 8.52. The molecule has 0 amide bonds. The number of hydrogen-bond donors (Lipinski definition) is 1. The van der Waals surface area contributed by atoms with Gasteiger partial charge in [0.05, 0.1) is 6.61 Å². The summed E-state index contributed by atoms with van der Waals surface area (Å²) >= 11 is 0. The van der Waals surface area contributed by atoms with Crippen molar-refractivity contribution in [3.8, 4) is 5.75 Å². The molecule has 116 valence electrons. The van der Waals surface area contributed by atoms with Crippen molar-refractivity contribution in [3.05, 3.63) is 29.8 Å². The van der Waals surface area contributed by atoms with Crippen molar-refractivity contribution in [2.75, 3.05) is 26.2 Å². The largest absolute Gasteiger partial charge is 0.494 e. The lowest BCUT2D eigenvalue weighted by Crippen LogP contribution is -2.40. The molecular formula is C18H28N2O. The predicted octanol–water partition coefficient (Wildman–Crippen LogP) is 3.05. The minimum atomic E-state index is 0.739. The molecular weight excluding hydrogens is 260 g/mol. The van der Waals surface area contributed by atoms with E-state index in [0.717, 1.165) is 30.9 Å². The third-order valence-electron chi connectivity index (χ3n) is 4.92. The van der Waals surface area contributed by atoms with Gasteiger partial charge in [-0.05, 0) is 75.9 Å². The topological polar surface area (TPSA) is 24.5 Å². The fourth-order valence-electron chi connectivity index (χ4n) is 3.79. The Morgan fingerprint density at radius 2 is 2.10 bits per heavy atom. The van der Waals surface area contributed by atoms with Crippen LogP contribution >= 0.6 is 0 Å². The van der Waals surface area contributed by atoms with Crippen LogP contribution in [0.3, 0.4) is 0 Å². The number of nitrogens with one attached hydrogen (secondary N) is 1. The molecule has 1 aromatic rings. The van der Waals surface area contributed by atoms with E-state index in [9.17, 15) is 0 Å². The molecule has 2 aliphatic rings. The lowest BCUT2D eigenvalue weighted by Gasteiger charge is -2.35. The molecule has 1 N–H and O–H groups in total. The van der Waals surface area contributed by atoms with Crippen molar-refractivity contribution in [2.45, 2.75) is 45.2 Å². The summed E-state index contributed by atoms with van der Waals surface area (Å²) in [6, 6.07) is 9.36. The summed E-state index contributed by atoms with van der Waals surface area (Å²) in [5, 5.41) is 3.68. The fourth-order valence-corrected chi connectivity index (χ4v) is 3.79. The van der Waals surface area contributed by atoms with Crippen LogP contribution < -0.4 is 10.1 Å². The number of rotatable bonds is 5. The summed E-state index contributed by atoms with van der Waals surface area (Å²) in [7, 11) is 0. The minimum absolute atomic E-state index is 0.739. The lowest BCUT2D eigenvalue weighted by atomic mass is 9.88. The molecule has 1 unspecified atom stereocenters. The van der Waals surface area contributed by atoms with Crippen LogP contribution in [-0.4, -0.2) is 37.2 Å². The van der Waals surface area contributed by atoms with Crippen LogP contribution in [0.1, 0.15) is 38.2 Å². The normalized spacial score (nSPS) is 24.3. The molecule has 0 bridgehead atoms. The van der Waals surface area contributed by atoms with Gasteiger partial charge in [0.15, 0.2) is 0 Å². The van der Waals surface area contributed by atoms with Gasteiger partial charge in [0.2, 0.25) is 0 Å². The van der Waals surface area contributed by atoms with Gasteiger partial charge in [-0.25, -0.2) is 0 Å². The zero-order valence-electron chi connectivity index (χ0n) is 13.2. The number of benzene rings is 1. The van der Waals surface area contributed by atoms with Gasteiger partial charge in [-0.2, -0.15) is 0 Å². The van der Waals surface area contributed by atoms with Gasteiger partial charge in [0.25, 0.3) is 0 Å². The zero-order chi connectivity index (χ0) is 14.5. The van der Waals surface area contributed by atoms with Gasteiger partial charge in [-0.15, -0.1) is 0 Å². The van der Waals surface area contributed by atoms with Crippen LogP contribution in [-0.2, 0) is 6.54 Å².